The van der Waals surface area contributed by atoms with Crippen molar-refractivity contribution in [1.29, 1.82) is 0 Å². The van der Waals surface area contributed by atoms with Crippen LogP contribution in [0.5, 0.6) is 5.75 Å². The van der Waals surface area contributed by atoms with E-state index in [9.17, 15) is 14.0 Å². The summed E-state index contributed by atoms with van der Waals surface area (Å²) in [5.41, 5.74) is 1.49. The van der Waals surface area contributed by atoms with Gasteiger partial charge in [-0.1, -0.05) is 17.3 Å². The number of amides is 2. The van der Waals surface area contributed by atoms with E-state index in [-0.39, 0.29) is 30.3 Å². The first-order chi connectivity index (χ1) is 14.0. The van der Waals surface area contributed by atoms with Crippen molar-refractivity contribution in [2.24, 2.45) is 0 Å². The van der Waals surface area contributed by atoms with Gasteiger partial charge in [-0.2, -0.15) is 0 Å². The Hall–Kier alpha value is -3.68. The molecular weight excluding hydrogens is 377 g/mol. The summed E-state index contributed by atoms with van der Waals surface area (Å²) in [5, 5.41) is 6.67. The van der Waals surface area contributed by atoms with Crippen LogP contribution < -0.4 is 15.0 Å². The van der Waals surface area contributed by atoms with Gasteiger partial charge in [-0.05, 0) is 36.4 Å². The van der Waals surface area contributed by atoms with Gasteiger partial charge in [0.2, 0.25) is 11.7 Å². The molecular formula is C21H18FN3O4. The molecule has 4 rings (SSSR count). The fourth-order valence-corrected chi connectivity index (χ4v) is 3.24. The van der Waals surface area contributed by atoms with E-state index in [1.807, 2.05) is 0 Å². The van der Waals surface area contributed by atoms with Gasteiger partial charge in [-0.3, -0.25) is 9.59 Å². The highest BCUT2D eigenvalue weighted by molar-refractivity contribution is 5.98. The molecule has 1 aliphatic heterocycles. The van der Waals surface area contributed by atoms with Crippen LogP contribution in [0.4, 0.5) is 10.1 Å². The van der Waals surface area contributed by atoms with Crippen molar-refractivity contribution >= 4 is 17.5 Å². The first-order valence-electron chi connectivity index (χ1n) is 9.02. The third kappa shape index (κ3) is 3.82. The lowest BCUT2D eigenvalue weighted by Gasteiger charge is -2.17. The molecule has 2 heterocycles. The molecule has 1 aliphatic rings. The number of methoxy groups -OCH3 is 1. The monoisotopic (exact) mass is 395 g/mol. The van der Waals surface area contributed by atoms with Crippen molar-refractivity contribution in [3.8, 4) is 17.0 Å². The second-order valence-electron chi connectivity index (χ2n) is 6.64. The Morgan fingerprint density at radius 3 is 2.72 bits per heavy atom. The maximum Gasteiger partial charge on any atom is 0.290 e. The van der Waals surface area contributed by atoms with E-state index < -0.39 is 17.8 Å². The zero-order valence-corrected chi connectivity index (χ0v) is 15.6. The predicted molar refractivity (Wildman–Crippen MR) is 103 cm³/mol. The minimum atomic E-state index is -0.481. The number of nitrogens with one attached hydrogen (secondary N) is 1. The number of hydrogen-bond acceptors (Lipinski definition) is 5. The zero-order chi connectivity index (χ0) is 20.4. The average Bonchev–Trinajstić information content (AvgIpc) is 3.36. The minimum absolute atomic E-state index is 0.0348. The Bertz CT molecular complexity index is 1050. The lowest BCUT2D eigenvalue weighted by Crippen LogP contribution is -2.37. The molecule has 7 nitrogen and oxygen atoms in total. The van der Waals surface area contributed by atoms with Crippen LogP contribution in [0, 0.1) is 5.82 Å². The van der Waals surface area contributed by atoms with Crippen molar-refractivity contribution in [3.05, 3.63) is 66.2 Å². The molecule has 0 radical (unpaired) electrons. The van der Waals surface area contributed by atoms with E-state index in [0.717, 1.165) is 5.56 Å². The number of ether oxygens (including phenoxy) is 1. The van der Waals surface area contributed by atoms with Crippen LogP contribution in [0.15, 0.2) is 59.1 Å². The molecule has 2 aromatic carbocycles. The highest BCUT2D eigenvalue weighted by atomic mass is 19.1. The molecule has 1 atom stereocenters. The number of hydrogen-bond donors (Lipinski definition) is 1. The number of para-hydroxylation sites is 1. The Kier molecular flexibility index (Phi) is 4.99. The topological polar surface area (TPSA) is 84.7 Å². The summed E-state index contributed by atoms with van der Waals surface area (Å²) in [6, 6.07) is 14.3. The molecule has 1 N–H and O–H groups in total. The molecule has 1 aromatic heterocycles. The molecule has 0 aliphatic carbocycles. The van der Waals surface area contributed by atoms with Gasteiger partial charge in [-0.25, -0.2) is 4.39 Å². The number of carbonyl (C=O) groups is 2. The lowest BCUT2D eigenvalue weighted by atomic mass is 10.1. The van der Waals surface area contributed by atoms with Gasteiger partial charge in [0, 0.05) is 24.6 Å². The van der Waals surface area contributed by atoms with E-state index in [1.54, 1.807) is 43.5 Å². The van der Waals surface area contributed by atoms with Gasteiger partial charge < -0.3 is 19.5 Å². The zero-order valence-electron chi connectivity index (χ0n) is 15.6. The van der Waals surface area contributed by atoms with Crippen molar-refractivity contribution in [1.82, 2.24) is 10.5 Å². The number of rotatable bonds is 5. The van der Waals surface area contributed by atoms with Gasteiger partial charge >= 0.3 is 0 Å². The minimum Gasteiger partial charge on any atom is -0.497 e. The van der Waals surface area contributed by atoms with Crippen LogP contribution >= 0.6 is 0 Å². The number of benzene rings is 2. The van der Waals surface area contributed by atoms with Crippen LogP contribution in [-0.2, 0) is 4.79 Å². The highest BCUT2D eigenvalue weighted by Gasteiger charge is 2.33. The van der Waals surface area contributed by atoms with E-state index in [4.69, 9.17) is 9.26 Å². The second-order valence-corrected chi connectivity index (χ2v) is 6.64. The molecule has 0 saturated carbocycles. The van der Waals surface area contributed by atoms with Crippen molar-refractivity contribution < 1.29 is 23.2 Å². The summed E-state index contributed by atoms with van der Waals surface area (Å²) in [4.78, 5) is 26.1. The van der Waals surface area contributed by atoms with Crippen LogP contribution in [0.2, 0.25) is 0 Å². The Labute approximate surface area is 166 Å². The molecule has 29 heavy (non-hydrogen) atoms. The SMILES string of the molecule is COc1ccc(-c2cc(C(=O)NC3CC(=O)N(c4ccccc4F)C3)on2)cc1. The summed E-state index contributed by atoms with van der Waals surface area (Å²) in [6.45, 7) is 0.185. The lowest BCUT2D eigenvalue weighted by molar-refractivity contribution is -0.117. The maximum absolute atomic E-state index is 14.0. The van der Waals surface area contributed by atoms with Crippen LogP contribution in [0.1, 0.15) is 17.0 Å². The van der Waals surface area contributed by atoms with E-state index in [0.29, 0.717) is 11.4 Å². The molecule has 1 unspecified atom stereocenters. The summed E-state index contributed by atoms with van der Waals surface area (Å²) in [5.74, 6) is -0.470. The molecule has 1 saturated heterocycles. The number of nitrogens with zero attached hydrogens (tertiary/aromatic N) is 2. The predicted octanol–water partition coefficient (Wildman–Crippen LogP) is 3.02. The molecule has 1 fully saturated rings. The number of anilines is 1. The molecule has 0 bridgehead atoms. The largest absolute Gasteiger partial charge is 0.497 e. The summed E-state index contributed by atoms with van der Waals surface area (Å²) < 4.78 is 24.2. The summed E-state index contributed by atoms with van der Waals surface area (Å²) >= 11 is 0. The first-order valence-corrected chi connectivity index (χ1v) is 9.02. The third-order valence-electron chi connectivity index (χ3n) is 4.72. The van der Waals surface area contributed by atoms with Gasteiger partial charge in [0.1, 0.15) is 17.3 Å². The average molecular weight is 395 g/mol. The normalized spacial score (nSPS) is 16.1. The molecule has 8 heteroatoms. The van der Waals surface area contributed by atoms with E-state index in [1.165, 1.54) is 23.1 Å². The van der Waals surface area contributed by atoms with Gasteiger partial charge in [0.25, 0.3) is 5.91 Å². The second kappa shape index (κ2) is 7.75. The number of carbonyl (C=O) groups excluding carboxylic acids is 2. The van der Waals surface area contributed by atoms with E-state index >= 15 is 0 Å². The van der Waals surface area contributed by atoms with Crippen LogP contribution in [0.3, 0.4) is 0 Å². The Morgan fingerprint density at radius 2 is 2.00 bits per heavy atom. The quantitative estimate of drug-likeness (QED) is 0.718. The van der Waals surface area contributed by atoms with E-state index in [2.05, 4.69) is 10.5 Å². The Balaban J connectivity index is 1.43. The summed E-state index contributed by atoms with van der Waals surface area (Å²) in [6.07, 6.45) is 0.0829. The fraction of sp³-hybridized carbons (Fsp3) is 0.190. The highest BCUT2D eigenvalue weighted by Crippen LogP contribution is 2.25. The van der Waals surface area contributed by atoms with Crippen molar-refractivity contribution in [2.75, 3.05) is 18.6 Å². The Morgan fingerprint density at radius 1 is 1.24 bits per heavy atom. The first kappa shape index (κ1) is 18.7. The smallest absolute Gasteiger partial charge is 0.290 e. The maximum atomic E-state index is 14.0. The number of halogens is 1. The van der Waals surface area contributed by atoms with Crippen LogP contribution in [0.25, 0.3) is 11.3 Å². The van der Waals surface area contributed by atoms with Gasteiger partial charge in [0.05, 0.1) is 18.8 Å². The van der Waals surface area contributed by atoms with Crippen LogP contribution in [-0.4, -0.2) is 36.7 Å². The standard InChI is InChI=1S/C21H18FN3O4/c1-28-15-8-6-13(7-9-15)17-11-19(29-24-17)21(27)23-14-10-20(26)25(12-14)18-5-3-2-4-16(18)22/h2-9,11,14H,10,12H2,1H3,(H,23,27). The van der Waals surface area contributed by atoms with Gasteiger partial charge in [0.15, 0.2) is 0 Å². The summed E-state index contributed by atoms with van der Waals surface area (Å²) in [7, 11) is 1.58. The molecule has 2 amide bonds. The molecule has 3 aromatic rings. The van der Waals surface area contributed by atoms with Gasteiger partial charge in [-0.15, -0.1) is 0 Å². The van der Waals surface area contributed by atoms with Crippen molar-refractivity contribution in [2.45, 2.75) is 12.5 Å². The fourth-order valence-electron chi connectivity index (χ4n) is 3.24. The molecule has 0 spiro atoms. The third-order valence-corrected chi connectivity index (χ3v) is 4.72. The molecule has 148 valence electrons. The van der Waals surface area contributed by atoms with Crippen molar-refractivity contribution in [3.63, 3.8) is 0 Å². The number of aromatic nitrogens is 1.